The molecular formula is C15H10N4. The molecule has 0 aromatic rings. The molecule has 90 valence electrons. The minimum absolute atomic E-state index is 0.115. The van der Waals surface area contributed by atoms with E-state index in [0.717, 1.165) is 5.57 Å². The van der Waals surface area contributed by atoms with Crippen LogP contribution in [-0.2, 0) is 0 Å². The van der Waals surface area contributed by atoms with Gasteiger partial charge in [-0.1, -0.05) is 23.8 Å². The summed E-state index contributed by atoms with van der Waals surface area (Å²) < 4.78 is 0. The Hall–Kier alpha value is -2.56. The molecule has 4 nitrogen and oxygen atoms in total. The molecule has 0 radical (unpaired) electrons. The Balaban J connectivity index is 2.33. The minimum atomic E-state index is -1.56. The fourth-order valence-corrected chi connectivity index (χ4v) is 4.11. The number of allylic oxidation sites excluding steroid dienone is 4. The first-order valence-electron chi connectivity index (χ1n) is 6.13. The zero-order valence-electron chi connectivity index (χ0n) is 10.3. The van der Waals surface area contributed by atoms with Crippen LogP contribution in [0.4, 0.5) is 0 Å². The first-order chi connectivity index (χ1) is 9.11. The van der Waals surface area contributed by atoms with Crippen LogP contribution in [0.25, 0.3) is 0 Å². The van der Waals surface area contributed by atoms with Gasteiger partial charge in [-0.25, -0.2) is 0 Å². The summed E-state index contributed by atoms with van der Waals surface area (Å²) >= 11 is 0. The van der Waals surface area contributed by atoms with Gasteiger partial charge in [-0.15, -0.1) is 0 Å². The Morgan fingerprint density at radius 3 is 1.84 bits per heavy atom. The zero-order valence-corrected chi connectivity index (χ0v) is 10.3. The molecule has 4 aliphatic rings. The summed E-state index contributed by atoms with van der Waals surface area (Å²) in [4.78, 5) is 0. The highest BCUT2D eigenvalue weighted by Crippen LogP contribution is 2.67. The van der Waals surface area contributed by atoms with Crippen molar-refractivity contribution in [2.75, 3.05) is 0 Å². The van der Waals surface area contributed by atoms with E-state index in [1.807, 2.05) is 43.4 Å². The van der Waals surface area contributed by atoms with Gasteiger partial charge in [0.2, 0.25) is 0 Å². The molecule has 0 amide bonds. The number of nitrogens with zero attached hydrogens (tertiary/aromatic N) is 4. The summed E-state index contributed by atoms with van der Waals surface area (Å²) in [5, 5.41) is 38.1. The molecule has 0 aromatic carbocycles. The van der Waals surface area contributed by atoms with Crippen LogP contribution < -0.4 is 0 Å². The number of hydrogen-bond acceptors (Lipinski definition) is 4. The molecule has 4 heteroatoms. The zero-order chi connectivity index (χ0) is 13.8. The molecule has 1 saturated carbocycles. The van der Waals surface area contributed by atoms with E-state index in [1.165, 1.54) is 0 Å². The van der Waals surface area contributed by atoms with E-state index in [2.05, 4.69) is 6.08 Å². The van der Waals surface area contributed by atoms with Crippen LogP contribution in [0.3, 0.4) is 0 Å². The maximum atomic E-state index is 9.55. The lowest BCUT2D eigenvalue weighted by Gasteiger charge is -2.59. The first kappa shape index (κ1) is 11.5. The van der Waals surface area contributed by atoms with Crippen LogP contribution in [0.5, 0.6) is 0 Å². The average Bonchev–Trinajstić information content (AvgIpc) is 2.44. The average molecular weight is 246 g/mol. The van der Waals surface area contributed by atoms with Crippen LogP contribution >= 0.6 is 0 Å². The van der Waals surface area contributed by atoms with Crippen LogP contribution in [0, 0.1) is 79.8 Å². The Morgan fingerprint density at radius 1 is 0.895 bits per heavy atom. The van der Waals surface area contributed by atoms with Gasteiger partial charge in [0.25, 0.3) is 0 Å². The summed E-state index contributed by atoms with van der Waals surface area (Å²) in [5.74, 6) is -0.476. The van der Waals surface area contributed by atoms with Gasteiger partial charge in [0, 0.05) is 11.8 Å². The summed E-state index contributed by atoms with van der Waals surface area (Å²) in [5.41, 5.74) is -1.97. The highest BCUT2D eigenvalue weighted by molar-refractivity contribution is 5.50. The fraction of sp³-hybridized carbons (Fsp3) is 0.467. The van der Waals surface area contributed by atoms with Gasteiger partial charge in [0.1, 0.15) is 0 Å². The van der Waals surface area contributed by atoms with E-state index in [-0.39, 0.29) is 23.7 Å². The smallest absolute Gasteiger partial charge is 0.182 e. The quantitative estimate of drug-likeness (QED) is 0.611. The molecule has 0 aromatic heterocycles. The molecule has 4 aliphatic carbocycles. The molecule has 0 N–H and O–H groups in total. The van der Waals surface area contributed by atoms with Crippen molar-refractivity contribution in [2.45, 2.75) is 6.92 Å². The highest BCUT2D eigenvalue weighted by Gasteiger charge is 2.72. The van der Waals surface area contributed by atoms with Gasteiger partial charge in [-0.05, 0) is 18.8 Å². The normalized spacial score (nSPS) is 38.5. The van der Waals surface area contributed by atoms with Crippen LogP contribution in [0.2, 0.25) is 0 Å². The van der Waals surface area contributed by atoms with Crippen molar-refractivity contribution >= 4 is 0 Å². The van der Waals surface area contributed by atoms with Gasteiger partial charge < -0.3 is 0 Å². The molecule has 0 aliphatic heterocycles. The van der Waals surface area contributed by atoms with Gasteiger partial charge in [-0.3, -0.25) is 0 Å². The van der Waals surface area contributed by atoms with Crippen molar-refractivity contribution in [3.63, 3.8) is 0 Å². The van der Waals surface area contributed by atoms with Crippen molar-refractivity contribution < 1.29 is 0 Å². The molecule has 0 heterocycles. The van der Waals surface area contributed by atoms with Crippen LogP contribution in [0.1, 0.15) is 6.92 Å². The Morgan fingerprint density at radius 2 is 1.37 bits per heavy atom. The van der Waals surface area contributed by atoms with Crippen LogP contribution in [-0.4, -0.2) is 0 Å². The largest absolute Gasteiger partial charge is 0.196 e. The topological polar surface area (TPSA) is 95.2 Å². The Labute approximate surface area is 111 Å². The van der Waals surface area contributed by atoms with Gasteiger partial charge in [0.05, 0.1) is 24.3 Å². The summed E-state index contributed by atoms with van der Waals surface area (Å²) in [6.07, 6.45) is 5.78. The van der Waals surface area contributed by atoms with Gasteiger partial charge in [0.15, 0.2) is 10.8 Å². The van der Waals surface area contributed by atoms with Crippen molar-refractivity contribution in [1.29, 1.82) is 21.0 Å². The molecule has 0 unspecified atom stereocenters. The molecule has 0 saturated heterocycles. The third-order valence-corrected chi connectivity index (χ3v) is 5.05. The number of fused-ring (bicyclic) bond motifs is 1. The van der Waals surface area contributed by atoms with E-state index < -0.39 is 10.8 Å². The molecule has 4 atom stereocenters. The third-order valence-electron chi connectivity index (χ3n) is 5.05. The minimum Gasteiger partial charge on any atom is -0.196 e. The van der Waals surface area contributed by atoms with Crippen LogP contribution in [0.15, 0.2) is 23.8 Å². The molecular weight excluding hydrogens is 236 g/mol. The first-order valence-corrected chi connectivity index (χ1v) is 6.13. The van der Waals surface area contributed by atoms with E-state index in [9.17, 15) is 21.0 Å². The Bertz CT molecular complexity index is 658. The monoisotopic (exact) mass is 246 g/mol. The molecule has 0 spiro atoms. The van der Waals surface area contributed by atoms with Gasteiger partial charge >= 0.3 is 0 Å². The summed E-state index contributed by atoms with van der Waals surface area (Å²) in [7, 11) is 0. The maximum absolute atomic E-state index is 9.55. The third kappa shape index (κ3) is 0.907. The molecule has 2 bridgehead atoms. The SMILES string of the molecule is CC1=C[C@H]2[C@@H]1[C@H]1C=C[C@H]2C(C#N)(C#N)C1(C#N)C#N. The second kappa shape index (κ2) is 3.26. The number of rotatable bonds is 0. The lowest BCUT2D eigenvalue weighted by Crippen LogP contribution is -2.62. The highest BCUT2D eigenvalue weighted by atomic mass is 14.7. The van der Waals surface area contributed by atoms with E-state index >= 15 is 0 Å². The van der Waals surface area contributed by atoms with Gasteiger partial charge in [-0.2, -0.15) is 21.0 Å². The molecule has 19 heavy (non-hydrogen) atoms. The number of nitriles is 4. The Kier molecular flexibility index (Phi) is 1.98. The van der Waals surface area contributed by atoms with Crippen molar-refractivity contribution in [1.82, 2.24) is 0 Å². The lowest BCUT2D eigenvalue weighted by atomic mass is 9.38. The van der Waals surface area contributed by atoms with Crippen molar-refractivity contribution in [3.8, 4) is 24.3 Å². The van der Waals surface area contributed by atoms with E-state index in [0.29, 0.717) is 0 Å². The molecule has 1 fully saturated rings. The lowest BCUT2D eigenvalue weighted by molar-refractivity contribution is 0.00180. The summed E-state index contributed by atoms with van der Waals surface area (Å²) in [6.45, 7) is 1.98. The molecule has 4 rings (SSSR count). The second-order valence-corrected chi connectivity index (χ2v) is 5.51. The predicted octanol–water partition coefficient (Wildman–Crippen LogP) is 2.06. The fourth-order valence-electron chi connectivity index (χ4n) is 4.11. The van der Waals surface area contributed by atoms with Crippen molar-refractivity contribution in [3.05, 3.63) is 23.8 Å². The number of hydrogen-bond donors (Lipinski definition) is 0. The standard InChI is InChI=1S/C15H10N4/c1-9-4-10-11-2-3-12(13(9)10)15(7-18,8-19)14(11,5-16)6-17/h2-4,10-13H,1H3/t10-,11-,12-,13-/m1/s1. The van der Waals surface area contributed by atoms with E-state index in [1.54, 1.807) is 0 Å². The van der Waals surface area contributed by atoms with E-state index in [4.69, 9.17) is 0 Å². The maximum Gasteiger partial charge on any atom is 0.182 e. The summed E-state index contributed by atoms with van der Waals surface area (Å²) in [6, 6.07) is 8.03. The van der Waals surface area contributed by atoms with Crippen molar-refractivity contribution in [2.24, 2.45) is 34.5 Å². The second-order valence-electron chi connectivity index (χ2n) is 5.51. The predicted molar refractivity (Wildman–Crippen MR) is 64.2 cm³/mol.